The van der Waals surface area contributed by atoms with Gasteiger partial charge in [-0.25, -0.2) is 9.18 Å². The van der Waals surface area contributed by atoms with Gasteiger partial charge in [0.25, 0.3) is 0 Å². The molecule has 0 saturated carbocycles. The van der Waals surface area contributed by atoms with Crippen LogP contribution >= 0.6 is 0 Å². The molecule has 7 nitrogen and oxygen atoms in total. The maximum atomic E-state index is 13.0. The Hall–Kier alpha value is -3.26. The lowest BCUT2D eigenvalue weighted by atomic mass is 10.1. The van der Waals surface area contributed by atoms with E-state index in [-0.39, 0.29) is 24.8 Å². The lowest BCUT2D eigenvalue weighted by Gasteiger charge is -2.11. The maximum absolute atomic E-state index is 13.0. The van der Waals surface area contributed by atoms with Gasteiger partial charge in [0.2, 0.25) is 5.89 Å². The topological polar surface area (TPSA) is 94.6 Å². The first-order valence-corrected chi connectivity index (χ1v) is 8.74. The molecule has 1 unspecified atom stereocenters. The van der Waals surface area contributed by atoms with Crippen molar-refractivity contribution in [1.82, 2.24) is 9.78 Å². The molecule has 0 aliphatic rings. The Bertz CT molecular complexity index is 993. The van der Waals surface area contributed by atoms with Gasteiger partial charge in [-0.1, -0.05) is 6.92 Å². The molecule has 0 aliphatic heterocycles. The standard InChI is InChI=1S/C20H19FN2O5/c1-2-18(25)13-5-9-17(10-6-13)27-12-16(24)11-23-20(26)28-19(22-23)14-3-7-15(21)8-4-14/h3-10,16,24H,2,11-12H2,1H3. The van der Waals surface area contributed by atoms with Crippen LogP contribution in [0.3, 0.4) is 0 Å². The van der Waals surface area contributed by atoms with Gasteiger partial charge in [-0.3, -0.25) is 4.79 Å². The molecule has 146 valence electrons. The van der Waals surface area contributed by atoms with Crippen LogP contribution in [0.5, 0.6) is 5.75 Å². The first-order valence-electron chi connectivity index (χ1n) is 8.74. The summed E-state index contributed by atoms with van der Waals surface area (Å²) < 4.78 is 24.5. The monoisotopic (exact) mass is 386 g/mol. The number of hydrogen-bond acceptors (Lipinski definition) is 6. The summed E-state index contributed by atoms with van der Waals surface area (Å²) in [5, 5.41) is 14.1. The summed E-state index contributed by atoms with van der Waals surface area (Å²) in [6, 6.07) is 12.0. The molecule has 2 aromatic carbocycles. The molecule has 0 spiro atoms. The van der Waals surface area contributed by atoms with Crippen molar-refractivity contribution in [2.45, 2.75) is 26.0 Å². The fraction of sp³-hybridized carbons (Fsp3) is 0.250. The second kappa shape index (κ2) is 8.62. The number of carbonyl (C=O) groups excluding carboxylic acids is 1. The van der Waals surface area contributed by atoms with Crippen molar-refractivity contribution in [2.24, 2.45) is 0 Å². The Morgan fingerprint density at radius 3 is 2.54 bits per heavy atom. The van der Waals surface area contributed by atoms with Crippen LogP contribution in [0.2, 0.25) is 0 Å². The molecule has 0 bridgehead atoms. The van der Waals surface area contributed by atoms with Crippen molar-refractivity contribution < 1.29 is 23.4 Å². The molecule has 0 fully saturated rings. The van der Waals surface area contributed by atoms with Gasteiger partial charge in [-0.15, -0.1) is 5.10 Å². The van der Waals surface area contributed by atoms with Crippen molar-refractivity contribution in [3.8, 4) is 17.2 Å². The van der Waals surface area contributed by atoms with Crippen LogP contribution in [-0.2, 0) is 6.54 Å². The molecule has 28 heavy (non-hydrogen) atoms. The van der Waals surface area contributed by atoms with Gasteiger partial charge in [0, 0.05) is 17.5 Å². The molecule has 1 aromatic heterocycles. The molecule has 1 N–H and O–H groups in total. The van der Waals surface area contributed by atoms with Crippen LogP contribution in [0.25, 0.3) is 11.5 Å². The Kier molecular flexibility index (Phi) is 6.00. The zero-order chi connectivity index (χ0) is 20.1. The van der Waals surface area contributed by atoms with E-state index >= 15 is 0 Å². The number of Topliss-reactive ketones (excluding diaryl/α,β-unsaturated/α-hetero) is 1. The van der Waals surface area contributed by atoms with Gasteiger partial charge in [-0.2, -0.15) is 4.68 Å². The molecule has 1 heterocycles. The number of ether oxygens (including phenoxy) is 1. The minimum Gasteiger partial charge on any atom is -0.491 e. The lowest BCUT2D eigenvalue weighted by Crippen LogP contribution is -2.29. The van der Waals surface area contributed by atoms with Crippen molar-refractivity contribution in [3.05, 3.63) is 70.5 Å². The number of rotatable bonds is 8. The normalized spacial score (nSPS) is 12.0. The third-order valence-electron chi connectivity index (χ3n) is 4.02. The summed E-state index contributed by atoms with van der Waals surface area (Å²) in [5.74, 6) is -0.583. The van der Waals surface area contributed by atoms with E-state index in [2.05, 4.69) is 5.10 Å². The van der Waals surface area contributed by atoms with Crippen LogP contribution in [0.15, 0.2) is 57.7 Å². The van der Waals surface area contributed by atoms with Crippen LogP contribution < -0.4 is 10.5 Å². The largest absolute Gasteiger partial charge is 0.491 e. The number of aliphatic hydroxyl groups is 1. The summed E-state index contributed by atoms with van der Waals surface area (Å²) in [7, 11) is 0. The number of nitrogens with zero attached hydrogens (tertiary/aromatic N) is 2. The van der Waals surface area contributed by atoms with Crippen LogP contribution in [0.1, 0.15) is 23.7 Å². The smallest absolute Gasteiger partial charge is 0.437 e. The quantitative estimate of drug-likeness (QED) is 0.598. The van der Waals surface area contributed by atoms with E-state index in [0.717, 1.165) is 4.68 Å². The van der Waals surface area contributed by atoms with E-state index in [1.54, 1.807) is 31.2 Å². The zero-order valence-corrected chi connectivity index (χ0v) is 15.2. The molecule has 3 rings (SSSR count). The average molecular weight is 386 g/mol. The second-order valence-electron chi connectivity index (χ2n) is 6.13. The predicted molar refractivity (Wildman–Crippen MR) is 98.7 cm³/mol. The average Bonchev–Trinajstić information content (AvgIpc) is 3.07. The van der Waals surface area contributed by atoms with Crippen LogP contribution in [0.4, 0.5) is 4.39 Å². The number of benzene rings is 2. The Morgan fingerprint density at radius 2 is 1.89 bits per heavy atom. The second-order valence-corrected chi connectivity index (χ2v) is 6.13. The van der Waals surface area contributed by atoms with Crippen LogP contribution in [-0.4, -0.2) is 33.4 Å². The fourth-order valence-corrected chi connectivity index (χ4v) is 2.52. The van der Waals surface area contributed by atoms with E-state index in [1.807, 2.05) is 0 Å². The Balaban J connectivity index is 1.59. The minimum absolute atomic E-state index is 0.0361. The summed E-state index contributed by atoms with van der Waals surface area (Å²) in [4.78, 5) is 23.5. The molecule has 0 saturated heterocycles. The van der Waals surface area contributed by atoms with E-state index in [9.17, 15) is 19.1 Å². The highest BCUT2D eigenvalue weighted by Gasteiger charge is 2.15. The van der Waals surface area contributed by atoms with Gasteiger partial charge < -0.3 is 14.3 Å². The number of hydrogen-bond donors (Lipinski definition) is 1. The first kappa shape index (κ1) is 19.5. The van der Waals surface area contributed by atoms with Gasteiger partial charge in [0.05, 0.1) is 6.54 Å². The third kappa shape index (κ3) is 4.72. The van der Waals surface area contributed by atoms with Crippen molar-refractivity contribution in [3.63, 3.8) is 0 Å². The summed E-state index contributed by atoms with van der Waals surface area (Å²) in [5.41, 5.74) is 1.04. The summed E-state index contributed by atoms with van der Waals surface area (Å²) in [6.45, 7) is 1.58. The highest BCUT2D eigenvalue weighted by atomic mass is 19.1. The molecule has 0 radical (unpaired) electrons. The van der Waals surface area contributed by atoms with Gasteiger partial charge in [0.1, 0.15) is 24.3 Å². The van der Waals surface area contributed by atoms with Gasteiger partial charge in [0.15, 0.2) is 5.78 Å². The predicted octanol–water partition coefficient (Wildman–Crippen LogP) is 2.68. The maximum Gasteiger partial charge on any atom is 0.437 e. The molecule has 0 amide bonds. The van der Waals surface area contributed by atoms with Gasteiger partial charge >= 0.3 is 5.76 Å². The zero-order valence-electron chi connectivity index (χ0n) is 15.2. The number of halogens is 1. The molecule has 8 heteroatoms. The third-order valence-corrected chi connectivity index (χ3v) is 4.02. The minimum atomic E-state index is -1.01. The number of carbonyl (C=O) groups is 1. The molecule has 1 atom stereocenters. The Labute approximate surface area is 160 Å². The SMILES string of the molecule is CCC(=O)c1ccc(OCC(O)Cn2nc(-c3ccc(F)cc3)oc2=O)cc1. The fourth-order valence-electron chi connectivity index (χ4n) is 2.52. The first-order chi connectivity index (χ1) is 13.5. The van der Waals surface area contributed by atoms with Crippen molar-refractivity contribution >= 4 is 5.78 Å². The van der Waals surface area contributed by atoms with Crippen molar-refractivity contribution in [2.75, 3.05) is 6.61 Å². The molecular weight excluding hydrogens is 367 g/mol. The van der Waals surface area contributed by atoms with Crippen molar-refractivity contribution in [1.29, 1.82) is 0 Å². The van der Waals surface area contributed by atoms with E-state index < -0.39 is 17.7 Å². The summed E-state index contributed by atoms with van der Waals surface area (Å²) >= 11 is 0. The Morgan fingerprint density at radius 1 is 1.21 bits per heavy atom. The summed E-state index contributed by atoms with van der Waals surface area (Å²) in [6.07, 6.45) is -0.591. The highest BCUT2D eigenvalue weighted by molar-refractivity contribution is 5.95. The lowest BCUT2D eigenvalue weighted by molar-refractivity contribution is 0.0874. The van der Waals surface area contributed by atoms with E-state index in [4.69, 9.17) is 9.15 Å². The number of ketones is 1. The number of aromatic nitrogens is 2. The van der Waals surface area contributed by atoms with Gasteiger partial charge in [-0.05, 0) is 48.5 Å². The molecular formula is C20H19FN2O5. The van der Waals surface area contributed by atoms with Crippen LogP contribution in [0, 0.1) is 5.82 Å². The molecule has 3 aromatic rings. The highest BCUT2D eigenvalue weighted by Crippen LogP contribution is 2.16. The number of aliphatic hydroxyl groups excluding tert-OH is 1. The van der Waals surface area contributed by atoms with E-state index in [1.165, 1.54) is 24.3 Å². The van der Waals surface area contributed by atoms with E-state index in [0.29, 0.717) is 23.3 Å². The molecule has 0 aliphatic carbocycles.